The fourth-order valence-corrected chi connectivity index (χ4v) is 2.19. The van der Waals surface area contributed by atoms with Crippen LogP contribution in [0.4, 0.5) is 13.2 Å². The lowest BCUT2D eigenvalue weighted by Crippen LogP contribution is -2.34. The molecule has 16 heavy (non-hydrogen) atoms. The van der Waals surface area contributed by atoms with Crippen molar-refractivity contribution in [1.82, 2.24) is 0 Å². The van der Waals surface area contributed by atoms with Gasteiger partial charge in [0.1, 0.15) is 6.04 Å². The Morgan fingerprint density at radius 2 is 1.81 bits per heavy atom. The molecule has 0 aromatic heterocycles. The Kier molecular flexibility index (Phi) is 4.18. The van der Waals surface area contributed by atoms with Crippen LogP contribution < -0.4 is 5.73 Å². The lowest BCUT2D eigenvalue weighted by molar-refractivity contribution is -0.184. The first-order chi connectivity index (χ1) is 7.30. The van der Waals surface area contributed by atoms with Crippen LogP contribution in [-0.4, -0.2) is 23.3 Å². The molecule has 0 aliphatic heterocycles. The van der Waals surface area contributed by atoms with E-state index in [1.54, 1.807) is 0 Å². The summed E-state index contributed by atoms with van der Waals surface area (Å²) in [5.74, 6) is -2.28. The average molecular weight is 239 g/mol. The molecule has 0 radical (unpaired) electrons. The van der Waals surface area contributed by atoms with E-state index in [2.05, 4.69) is 0 Å². The summed E-state index contributed by atoms with van der Waals surface area (Å²) in [5.41, 5.74) is 5.35. The van der Waals surface area contributed by atoms with Crippen LogP contribution in [0, 0.1) is 11.8 Å². The zero-order valence-corrected chi connectivity index (χ0v) is 8.83. The highest BCUT2D eigenvalue weighted by molar-refractivity contribution is 5.73. The zero-order chi connectivity index (χ0) is 12.3. The van der Waals surface area contributed by atoms with Crippen molar-refractivity contribution in [1.29, 1.82) is 0 Å². The molecule has 1 atom stereocenters. The molecule has 0 heterocycles. The second kappa shape index (κ2) is 5.03. The van der Waals surface area contributed by atoms with Gasteiger partial charge < -0.3 is 10.8 Å². The summed E-state index contributed by atoms with van der Waals surface area (Å²) in [5, 5.41) is 8.59. The Hall–Kier alpha value is -0.780. The van der Waals surface area contributed by atoms with E-state index < -0.39 is 24.1 Å². The molecule has 1 aliphatic rings. The van der Waals surface area contributed by atoms with E-state index in [-0.39, 0.29) is 25.2 Å². The molecule has 0 spiro atoms. The van der Waals surface area contributed by atoms with Gasteiger partial charge in [0.2, 0.25) is 0 Å². The smallest absolute Gasteiger partial charge is 0.391 e. The van der Waals surface area contributed by atoms with Gasteiger partial charge in [-0.3, -0.25) is 4.79 Å². The van der Waals surface area contributed by atoms with Crippen molar-refractivity contribution in [3.63, 3.8) is 0 Å². The predicted octanol–water partition coefficient (Wildman–Crippen LogP) is 2.16. The van der Waals surface area contributed by atoms with Gasteiger partial charge in [-0.15, -0.1) is 0 Å². The Morgan fingerprint density at radius 3 is 2.19 bits per heavy atom. The van der Waals surface area contributed by atoms with Crippen LogP contribution in [-0.2, 0) is 4.79 Å². The maximum Gasteiger partial charge on any atom is 0.391 e. The molecule has 6 heteroatoms. The molecule has 0 unspecified atom stereocenters. The highest BCUT2D eigenvalue weighted by Gasteiger charge is 2.41. The molecule has 1 fully saturated rings. The van der Waals surface area contributed by atoms with Crippen molar-refractivity contribution >= 4 is 5.97 Å². The van der Waals surface area contributed by atoms with Gasteiger partial charge >= 0.3 is 12.1 Å². The SMILES string of the molecule is N[C@@H](CC1CCC(C(F)(F)F)CC1)C(=O)O. The normalized spacial score (nSPS) is 28.8. The number of hydrogen-bond donors (Lipinski definition) is 2. The number of carbonyl (C=O) groups is 1. The fourth-order valence-electron chi connectivity index (χ4n) is 2.19. The van der Waals surface area contributed by atoms with E-state index in [0.717, 1.165) is 0 Å². The summed E-state index contributed by atoms with van der Waals surface area (Å²) in [6.45, 7) is 0. The van der Waals surface area contributed by atoms with Gasteiger partial charge in [0.15, 0.2) is 0 Å². The minimum absolute atomic E-state index is 0.0182. The van der Waals surface area contributed by atoms with E-state index in [9.17, 15) is 18.0 Å². The summed E-state index contributed by atoms with van der Waals surface area (Å²) in [7, 11) is 0. The van der Waals surface area contributed by atoms with Crippen molar-refractivity contribution in [3.8, 4) is 0 Å². The van der Waals surface area contributed by atoms with Gasteiger partial charge in [-0.05, 0) is 38.0 Å². The van der Waals surface area contributed by atoms with E-state index >= 15 is 0 Å². The standard InChI is InChI=1S/C10H16F3NO2/c11-10(12,13)7-3-1-6(2-4-7)5-8(14)9(15)16/h6-8H,1-5,14H2,(H,15,16)/t6?,7?,8-/m0/s1. The molecule has 94 valence electrons. The van der Waals surface area contributed by atoms with Crippen molar-refractivity contribution in [2.24, 2.45) is 17.6 Å². The predicted molar refractivity (Wildman–Crippen MR) is 51.7 cm³/mol. The van der Waals surface area contributed by atoms with Crippen LogP contribution in [0.5, 0.6) is 0 Å². The van der Waals surface area contributed by atoms with Crippen molar-refractivity contribution < 1.29 is 23.1 Å². The summed E-state index contributed by atoms with van der Waals surface area (Å²) in [6, 6.07) is -0.951. The Balaban J connectivity index is 2.35. The lowest BCUT2D eigenvalue weighted by atomic mass is 9.79. The summed E-state index contributed by atoms with van der Waals surface area (Å²) >= 11 is 0. The Bertz CT molecular complexity index is 247. The molecule has 3 nitrogen and oxygen atoms in total. The molecule has 0 aromatic rings. The third-order valence-corrected chi connectivity index (χ3v) is 3.21. The maximum atomic E-state index is 12.3. The number of hydrogen-bond acceptors (Lipinski definition) is 2. The first kappa shape index (κ1) is 13.3. The van der Waals surface area contributed by atoms with Crippen LogP contribution >= 0.6 is 0 Å². The number of rotatable bonds is 3. The second-order valence-electron chi connectivity index (χ2n) is 4.44. The molecule has 1 saturated carbocycles. The quantitative estimate of drug-likeness (QED) is 0.793. The largest absolute Gasteiger partial charge is 0.480 e. The van der Waals surface area contributed by atoms with Crippen molar-refractivity contribution in [2.45, 2.75) is 44.3 Å². The molecule has 0 amide bonds. The summed E-state index contributed by atoms with van der Waals surface area (Å²) in [6.07, 6.45) is -2.79. The molecule has 1 aliphatic carbocycles. The van der Waals surface area contributed by atoms with Crippen molar-refractivity contribution in [2.75, 3.05) is 0 Å². The third-order valence-electron chi connectivity index (χ3n) is 3.21. The maximum absolute atomic E-state index is 12.3. The number of carboxylic acid groups (broad SMARTS) is 1. The van der Waals surface area contributed by atoms with Gasteiger partial charge in [-0.1, -0.05) is 0 Å². The van der Waals surface area contributed by atoms with Crippen LogP contribution in [0.15, 0.2) is 0 Å². The van der Waals surface area contributed by atoms with E-state index in [0.29, 0.717) is 12.8 Å². The second-order valence-corrected chi connectivity index (χ2v) is 4.44. The van der Waals surface area contributed by atoms with Gasteiger partial charge in [-0.2, -0.15) is 13.2 Å². The molecule has 0 aromatic carbocycles. The van der Waals surface area contributed by atoms with Crippen LogP contribution in [0.25, 0.3) is 0 Å². The third kappa shape index (κ3) is 3.66. The molecule has 1 rings (SSSR count). The van der Waals surface area contributed by atoms with Crippen LogP contribution in [0.1, 0.15) is 32.1 Å². The van der Waals surface area contributed by atoms with E-state index in [1.165, 1.54) is 0 Å². The van der Waals surface area contributed by atoms with E-state index in [1.807, 2.05) is 0 Å². The molecule has 0 saturated heterocycles. The average Bonchev–Trinajstić information content (AvgIpc) is 2.17. The van der Waals surface area contributed by atoms with E-state index in [4.69, 9.17) is 10.8 Å². The summed E-state index contributed by atoms with van der Waals surface area (Å²) < 4.78 is 37.0. The molecule has 0 bridgehead atoms. The topological polar surface area (TPSA) is 63.3 Å². The number of nitrogens with two attached hydrogens (primary N) is 1. The number of aliphatic carboxylic acids is 1. The molecular formula is C10H16F3NO2. The molecular weight excluding hydrogens is 223 g/mol. The highest BCUT2D eigenvalue weighted by Crippen LogP contribution is 2.40. The first-order valence-corrected chi connectivity index (χ1v) is 5.35. The van der Waals surface area contributed by atoms with Gasteiger partial charge in [0.25, 0.3) is 0 Å². The number of halogens is 3. The van der Waals surface area contributed by atoms with Crippen molar-refractivity contribution in [3.05, 3.63) is 0 Å². The highest BCUT2D eigenvalue weighted by atomic mass is 19.4. The Labute approximate surface area is 91.8 Å². The Morgan fingerprint density at radius 1 is 1.31 bits per heavy atom. The zero-order valence-electron chi connectivity index (χ0n) is 8.83. The van der Waals surface area contributed by atoms with Gasteiger partial charge in [0.05, 0.1) is 5.92 Å². The van der Waals surface area contributed by atoms with Crippen LogP contribution in [0.2, 0.25) is 0 Å². The van der Waals surface area contributed by atoms with Gasteiger partial charge in [-0.25, -0.2) is 0 Å². The monoisotopic (exact) mass is 239 g/mol. The minimum Gasteiger partial charge on any atom is -0.480 e. The molecule has 3 N–H and O–H groups in total. The summed E-state index contributed by atoms with van der Waals surface area (Å²) in [4.78, 5) is 10.5. The first-order valence-electron chi connectivity index (χ1n) is 5.35. The lowest BCUT2D eigenvalue weighted by Gasteiger charge is -2.30. The minimum atomic E-state index is -4.11. The number of carboxylic acids is 1. The van der Waals surface area contributed by atoms with Gasteiger partial charge in [0, 0.05) is 0 Å². The number of alkyl halides is 3. The fraction of sp³-hybridized carbons (Fsp3) is 0.900. The van der Waals surface area contributed by atoms with Crippen LogP contribution in [0.3, 0.4) is 0 Å².